The quantitative estimate of drug-likeness (QED) is 0.456. The van der Waals surface area contributed by atoms with Crippen LogP contribution in [0.4, 0.5) is 0 Å². The fourth-order valence-corrected chi connectivity index (χ4v) is 8.46. The molecule has 0 aromatic carbocycles. The van der Waals surface area contributed by atoms with Crippen molar-refractivity contribution in [3.63, 3.8) is 0 Å². The number of ketones is 2. The molecule has 0 amide bonds. The largest absolute Gasteiger partial charge is 0.481 e. The van der Waals surface area contributed by atoms with E-state index in [1.165, 1.54) is 0 Å². The van der Waals surface area contributed by atoms with Gasteiger partial charge in [0.25, 0.3) is 0 Å². The van der Waals surface area contributed by atoms with Crippen molar-refractivity contribution in [1.82, 2.24) is 0 Å². The summed E-state index contributed by atoms with van der Waals surface area (Å²) in [5, 5.41) is 42.7. The Morgan fingerprint density at radius 2 is 1.82 bits per heavy atom. The average Bonchev–Trinajstić information content (AvgIpc) is 3.01. The number of Topliss-reactive ketones (excluding diaryl/α,β-unsaturated/α-hetero) is 1. The number of aliphatic hydroxyl groups is 3. The van der Waals surface area contributed by atoms with Crippen molar-refractivity contribution in [2.24, 2.45) is 28.6 Å². The maximum atomic E-state index is 13.3. The lowest BCUT2D eigenvalue weighted by Gasteiger charge is -2.61. The lowest BCUT2D eigenvalue weighted by molar-refractivity contribution is -0.182. The van der Waals surface area contributed by atoms with Gasteiger partial charge in [-0.2, -0.15) is 0 Å². The van der Waals surface area contributed by atoms with Crippen molar-refractivity contribution in [3.8, 4) is 0 Å². The normalized spacial score (nSPS) is 46.7. The molecular weight excluding hydrogens is 444 g/mol. The number of aliphatic carboxylic acids is 1. The first-order valence-electron chi connectivity index (χ1n) is 12.0. The van der Waals surface area contributed by atoms with Crippen LogP contribution in [0.25, 0.3) is 0 Å². The zero-order chi connectivity index (χ0) is 24.4. The van der Waals surface area contributed by atoms with Gasteiger partial charge in [0.05, 0.1) is 28.8 Å². The Labute approximate surface area is 199 Å². The number of carboxylic acids is 1. The number of carbonyl (C=O) groups is 3. The van der Waals surface area contributed by atoms with Crippen molar-refractivity contribution in [2.75, 3.05) is 11.5 Å². The zero-order valence-electron chi connectivity index (χ0n) is 19.7. The van der Waals surface area contributed by atoms with Gasteiger partial charge in [-0.15, -0.1) is 11.8 Å². The van der Waals surface area contributed by atoms with Crippen LogP contribution in [0.3, 0.4) is 0 Å². The molecule has 4 rings (SSSR count). The second kappa shape index (κ2) is 8.18. The van der Waals surface area contributed by atoms with Gasteiger partial charge in [-0.1, -0.05) is 20.8 Å². The number of carboxylic acid groups (broad SMARTS) is 1. The Morgan fingerprint density at radius 3 is 2.45 bits per heavy atom. The fourth-order valence-electron chi connectivity index (χ4n) is 7.78. The Hall–Kier alpha value is -1.22. The summed E-state index contributed by atoms with van der Waals surface area (Å²) in [6.07, 6.45) is 3.77. The molecule has 0 aromatic heterocycles. The highest BCUT2D eigenvalue weighted by atomic mass is 32.2. The lowest BCUT2D eigenvalue weighted by Crippen LogP contribution is -2.63. The number of carbonyl (C=O) groups excluding carboxylic acids is 2. The van der Waals surface area contributed by atoms with E-state index in [0.717, 1.165) is 11.8 Å². The number of hydrogen-bond donors (Lipinski definition) is 4. The summed E-state index contributed by atoms with van der Waals surface area (Å²) in [7, 11) is 0. The van der Waals surface area contributed by atoms with Gasteiger partial charge >= 0.3 is 5.97 Å². The Balaban J connectivity index is 1.66. The minimum absolute atomic E-state index is 0.0360. The average molecular weight is 481 g/mol. The molecule has 4 aliphatic rings. The predicted molar refractivity (Wildman–Crippen MR) is 124 cm³/mol. The highest BCUT2D eigenvalue weighted by Gasteiger charge is 2.68. The standard InChI is InChI=1S/C25H36O7S/c1-4-24(31)13-22(2)14-5-7-23(3)15(19(27)11-33-12-21(29)30)6-8-25(23,32)16(14)9-18(26)17(22)10-20(24)28/h9,14-15,17,20,28,31-32H,4-8,10-13H2,1-3H3,(H,29,30)/t14?,15-,17+,20-,22-,23-,24+,25-/m1/s1. The monoisotopic (exact) mass is 480 g/mol. The molecule has 0 bridgehead atoms. The van der Waals surface area contributed by atoms with Gasteiger partial charge < -0.3 is 20.4 Å². The molecule has 4 aliphatic carbocycles. The maximum Gasteiger partial charge on any atom is 0.313 e. The number of fused-ring (bicyclic) bond motifs is 5. The van der Waals surface area contributed by atoms with Crippen LogP contribution in [-0.4, -0.2) is 66.8 Å². The highest BCUT2D eigenvalue weighted by Crippen LogP contribution is 2.67. The van der Waals surface area contributed by atoms with E-state index in [-0.39, 0.29) is 41.3 Å². The van der Waals surface area contributed by atoms with E-state index in [9.17, 15) is 29.7 Å². The van der Waals surface area contributed by atoms with Crippen molar-refractivity contribution >= 4 is 29.3 Å². The van der Waals surface area contributed by atoms with Gasteiger partial charge in [0.15, 0.2) is 5.78 Å². The summed E-state index contributed by atoms with van der Waals surface area (Å²) in [4.78, 5) is 37.1. The third-order valence-corrected chi connectivity index (χ3v) is 10.7. The van der Waals surface area contributed by atoms with Crippen LogP contribution >= 0.6 is 11.8 Å². The molecule has 1 unspecified atom stereocenters. The van der Waals surface area contributed by atoms with E-state index in [4.69, 9.17) is 5.11 Å². The van der Waals surface area contributed by atoms with Crippen LogP contribution in [0.15, 0.2) is 11.6 Å². The fraction of sp³-hybridized carbons (Fsp3) is 0.800. The summed E-state index contributed by atoms with van der Waals surface area (Å²) in [6, 6.07) is 0. The summed E-state index contributed by atoms with van der Waals surface area (Å²) in [6.45, 7) is 5.80. The summed E-state index contributed by atoms with van der Waals surface area (Å²) in [5.41, 5.74) is -3.12. The smallest absolute Gasteiger partial charge is 0.313 e. The molecular formula is C25H36O7S. The third-order valence-electron chi connectivity index (χ3n) is 9.78. The van der Waals surface area contributed by atoms with Gasteiger partial charge in [-0.05, 0) is 67.9 Å². The third kappa shape index (κ3) is 3.55. The molecule has 4 N–H and O–H groups in total. The first-order chi connectivity index (χ1) is 15.3. The first-order valence-corrected chi connectivity index (χ1v) is 13.2. The van der Waals surface area contributed by atoms with E-state index in [1.807, 2.05) is 20.8 Å². The molecule has 0 spiro atoms. The second-order valence-corrected chi connectivity index (χ2v) is 12.2. The number of allylic oxidation sites excluding steroid dienone is 1. The SMILES string of the molecule is CC[C@]1(O)C[C@]2(C)C3CC[C@]4(C)[C@@H](C(=O)CSCC(=O)O)CC[C@@]4(O)C3=CC(=O)[C@@H]2C[C@H]1O. The van der Waals surface area contributed by atoms with Gasteiger partial charge in [0.2, 0.25) is 0 Å². The number of aliphatic hydroxyl groups excluding tert-OH is 1. The van der Waals surface area contributed by atoms with Crippen molar-refractivity contribution in [1.29, 1.82) is 0 Å². The molecule has 0 aliphatic heterocycles. The molecule has 184 valence electrons. The molecule has 0 aromatic rings. The van der Waals surface area contributed by atoms with Crippen LogP contribution in [0, 0.1) is 28.6 Å². The molecule has 8 atom stereocenters. The van der Waals surface area contributed by atoms with Gasteiger partial charge in [-0.25, -0.2) is 0 Å². The predicted octanol–water partition coefficient (Wildman–Crippen LogP) is 2.36. The van der Waals surface area contributed by atoms with Crippen LogP contribution in [-0.2, 0) is 14.4 Å². The van der Waals surface area contributed by atoms with Gasteiger partial charge in [-0.3, -0.25) is 14.4 Å². The molecule has 8 heteroatoms. The van der Waals surface area contributed by atoms with E-state index in [2.05, 4.69) is 0 Å². The maximum absolute atomic E-state index is 13.3. The van der Waals surface area contributed by atoms with Crippen LogP contribution in [0.2, 0.25) is 0 Å². The van der Waals surface area contributed by atoms with E-state index in [0.29, 0.717) is 44.1 Å². The molecule has 7 nitrogen and oxygen atoms in total. The molecule has 33 heavy (non-hydrogen) atoms. The van der Waals surface area contributed by atoms with Crippen LogP contribution in [0.1, 0.15) is 65.7 Å². The molecule has 0 heterocycles. The zero-order valence-corrected chi connectivity index (χ0v) is 20.5. The van der Waals surface area contributed by atoms with E-state index < -0.39 is 40.0 Å². The molecule has 0 radical (unpaired) electrons. The topological polar surface area (TPSA) is 132 Å². The van der Waals surface area contributed by atoms with E-state index >= 15 is 0 Å². The lowest BCUT2D eigenvalue weighted by atomic mass is 9.45. The first kappa shape index (κ1) is 24.9. The second-order valence-electron chi connectivity index (χ2n) is 11.3. The minimum atomic E-state index is -1.28. The molecule has 3 fully saturated rings. The number of rotatable bonds is 6. The molecule has 3 saturated carbocycles. The highest BCUT2D eigenvalue weighted by molar-refractivity contribution is 8.00. The van der Waals surface area contributed by atoms with Gasteiger partial charge in [0.1, 0.15) is 5.78 Å². The summed E-state index contributed by atoms with van der Waals surface area (Å²) < 4.78 is 0. The van der Waals surface area contributed by atoms with Crippen molar-refractivity contribution in [3.05, 3.63) is 11.6 Å². The Bertz CT molecular complexity index is 901. The van der Waals surface area contributed by atoms with Gasteiger partial charge in [0, 0.05) is 17.3 Å². The number of thioether (sulfide) groups is 1. The van der Waals surface area contributed by atoms with Crippen LogP contribution in [0.5, 0.6) is 0 Å². The Morgan fingerprint density at radius 1 is 1.12 bits per heavy atom. The van der Waals surface area contributed by atoms with Crippen molar-refractivity contribution in [2.45, 2.75) is 83.0 Å². The van der Waals surface area contributed by atoms with Crippen molar-refractivity contribution < 1.29 is 34.8 Å². The van der Waals surface area contributed by atoms with Crippen LogP contribution < -0.4 is 0 Å². The summed E-state index contributed by atoms with van der Waals surface area (Å²) >= 11 is 1.08. The minimum Gasteiger partial charge on any atom is -0.481 e. The Kier molecular flexibility index (Phi) is 6.17. The summed E-state index contributed by atoms with van der Waals surface area (Å²) in [5.74, 6) is -2.01. The number of hydrogen-bond acceptors (Lipinski definition) is 7. The molecule has 0 saturated heterocycles. The van der Waals surface area contributed by atoms with E-state index in [1.54, 1.807) is 6.08 Å².